The number of nitrogens with one attached hydrogen (secondary N) is 2. The van der Waals surface area contributed by atoms with Gasteiger partial charge in [0.15, 0.2) is 11.2 Å². The van der Waals surface area contributed by atoms with E-state index in [-0.39, 0.29) is 11.0 Å². The second-order valence-electron chi connectivity index (χ2n) is 9.92. The zero-order valence-corrected chi connectivity index (χ0v) is 18.9. The van der Waals surface area contributed by atoms with Crippen LogP contribution in [0.3, 0.4) is 0 Å². The topological polar surface area (TPSA) is 84.7 Å². The van der Waals surface area contributed by atoms with Crippen LogP contribution in [-0.4, -0.2) is 25.1 Å². The van der Waals surface area contributed by atoms with Crippen molar-refractivity contribution in [3.05, 3.63) is 56.7 Å². The van der Waals surface area contributed by atoms with E-state index in [9.17, 15) is 9.59 Å². The van der Waals surface area contributed by atoms with E-state index < -0.39 is 5.69 Å². The van der Waals surface area contributed by atoms with Crippen LogP contribution >= 0.6 is 0 Å². The summed E-state index contributed by atoms with van der Waals surface area (Å²) in [5.74, 6) is 1.31. The van der Waals surface area contributed by atoms with E-state index in [0.29, 0.717) is 35.6 Å². The Morgan fingerprint density at radius 3 is 2.65 bits per heavy atom. The number of aryl methyl sites for hydroxylation is 3. The van der Waals surface area contributed by atoms with Gasteiger partial charge in [-0.3, -0.25) is 14.3 Å². The summed E-state index contributed by atoms with van der Waals surface area (Å²) < 4.78 is 3.38. The van der Waals surface area contributed by atoms with Crippen LogP contribution in [0.5, 0.6) is 0 Å². The molecule has 1 aliphatic rings. The highest BCUT2D eigenvalue weighted by Gasteiger charge is 2.33. The van der Waals surface area contributed by atoms with Gasteiger partial charge in [-0.15, -0.1) is 0 Å². The smallest absolute Gasteiger partial charge is 0.329 e. The molecule has 3 aromatic rings. The Hall–Kier alpha value is -2.83. The molecule has 0 radical (unpaired) electrons. The molecule has 2 N–H and O–H groups in total. The molecule has 0 saturated heterocycles. The van der Waals surface area contributed by atoms with Crippen LogP contribution in [0, 0.1) is 11.3 Å². The number of hydrogen-bond acceptors (Lipinski definition) is 4. The van der Waals surface area contributed by atoms with Gasteiger partial charge in [-0.2, -0.15) is 4.98 Å². The van der Waals surface area contributed by atoms with E-state index in [1.165, 1.54) is 16.6 Å². The first kappa shape index (κ1) is 21.4. The molecule has 1 saturated carbocycles. The molecule has 1 aliphatic carbocycles. The fourth-order valence-electron chi connectivity index (χ4n) is 5.29. The van der Waals surface area contributed by atoms with Crippen molar-refractivity contribution in [3.63, 3.8) is 0 Å². The molecular formula is C24H33N5O2. The summed E-state index contributed by atoms with van der Waals surface area (Å²) in [6, 6.07) is 10.6. The van der Waals surface area contributed by atoms with E-state index in [1.807, 2.05) is 22.8 Å². The summed E-state index contributed by atoms with van der Waals surface area (Å²) >= 11 is 0. The Labute approximate surface area is 182 Å². The first-order valence-corrected chi connectivity index (χ1v) is 11.2. The summed E-state index contributed by atoms with van der Waals surface area (Å²) in [4.78, 5) is 32.0. The molecule has 166 valence electrons. The number of anilines is 1. The number of fused-ring (bicyclic) bond motifs is 1. The molecule has 0 spiro atoms. The fraction of sp³-hybridized carbons (Fsp3) is 0.542. The van der Waals surface area contributed by atoms with Gasteiger partial charge in [0.25, 0.3) is 5.56 Å². The van der Waals surface area contributed by atoms with Crippen LogP contribution in [-0.2, 0) is 20.0 Å². The van der Waals surface area contributed by atoms with E-state index in [0.717, 1.165) is 25.7 Å². The number of imidazole rings is 1. The maximum absolute atomic E-state index is 12.7. The number of aromatic nitrogens is 4. The van der Waals surface area contributed by atoms with Crippen LogP contribution in [0.25, 0.3) is 11.2 Å². The van der Waals surface area contributed by atoms with E-state index >= 15 is 0 Å². The molecule has 0 bridgehead atoms. The molecule has 7 heteroatoms. The SMILES string of the molecule is C[C@H]1C[C@H](Nc2nc3c(c(=O)[nH]c(=O)n3C)n2CCCc2ccccc2)CC(C)(C)C1. The summed E-state index contributed by atoms with van der Waals surface area (Å²) in [6.45, 7) is 7.58. The molecule has 0 unspecified atom stereocenters. The standard InChI is InChI=1S/C24H33N5O2/c1-16-13-18(15-24(2,3)14-16)25-22-26-20-19(21(30)27-23(31)28(20)4)29(22)12-8-11-17-9-6-5-7-10-17/h5-7,9-10,16,18H,8,11-15H2,1-4H3,(H,25,26)(H,27,30,31)/t16-,18-/m0/s1. The lowest BCUT2D eigenvalue weighted by molar-refractivity contribution is 0.177. The highest BCUT2D eigenvalue weighted by atomic mass is 16.2. The van der Waals surface area contributed by atoms with Crippen molar-refractivity contribution in [2.24, 2.45) is 18.4 Å². The first-order chi connectivity index (χ1) is 14.7. The average Bonchev–Trinajstić information content (AvgIpc) is 3.04. The molecule has 2 heterocycles. The van der Waals surface area contributed by atoms with Gasteiger partial charge in [-0.05, 0) is 49.0 Å². The molecule has 7 nitrogen and oxygen atoms in total. The third-order valence-corrected chi connectivity index (χ3v) is 6.42. The molecule has 0 aliphatic heterocycles. The summed E-state index contributed by atoms with van der Waals surface area (Å²) in [5.41, 5.74) is 1.61. The number of aromatic amines is 1. The van der Waals surface area contributed by atoms with Crippen molar-refractivity contribution in [2.75, 3.05) is 5.32 Å². The Balaban J connectivity index is 1.67. The second kappa shape index (κ2) is 8.36. The summed E-state index contributed by atoms with van der Waals surface area (Å²) in [6.07, 6.45) is 5.13. The number of hydrogen-bond donors (Lipinski definition) is 2. The van der Waals surface area contributed by atoms with Crippen molar-refractivity contribution < 1.29 is 0 Å². The highest BCUT2D eigenvalue weighted by Crippen LogP contribution is 2.39. The van der Waals surface area contributed by atoms with E-state index in [1.54, 1.807) is 7.05 Å². The molecule has 1 aromatic carbocycles. The zero-order valence-electron chi connectivity index (χ0n) is 18.9. The van der Waals surface area contributed by atoms with Crippen LogP contribution < -0.4 is 16.6 Å². The predicted molar refractivity (Wildman–Crippen MR) is 125 cm³/mol. The minimum absolute atomic E-state index is 0.268. The van der Waals surface area contributed by atoms with Gasteiger partial charge in [-0.25, -0.2) is 4.79 Å². The number of benzene rings is 1. The zero-order chi connectivity index (χ0) is 22.2. The minimum Gasteiger partial charge on any atom is -0.353 e. The summed E-state index contributed by atoms with van der Waals surface area (Å²) in [7, 11) is 1.65. The average molecular weight is 424 g/mol. The molecule has 31 heavy (non-hydrogen) atoms. The quantitative estimate of drug-likeness (QED) is 0.633. The van der Waals surface area contributed by atoms with Gasteiger partial charge >= 0.3 is 5.69 Å². The van der Waals surface area contributed by atoms with E-state index in [4.69, 9.17) is 4.98 Å². The normalized spacial score (nSPS) is 20.8. The molecule has 2 atom stereocenters. The Bertz CT molecular complexity index is 1170. The van der Waals surface area contributed by atoms with Crippen LogP contribution in [0.15, 0.2) is 39.9 Å². The minimum atomic E-state index is -0.439. The van der Waals surface area contributed by atoms with Gasteiger partial charge in [0, 0.05) is 19.6 Å². The predicted octanol–water partition coefficient (Wildman–Crippen LogP) is 3.68. The fourth-order valence-corrected chi connectivity index (χ4v) is 5.29. The van der Waals surface area contributed by atoms with Gasteiger partial charge in [0.05, 0.1) is 0 Å². The Morgan fingerprint density at radius 1 is 1.19 bits per heavy atom. The van der Waals surface area contributed by atoms with Gasteiger partial charge in [0.1, 0.15) is 0 Å². The molecular weight excluding hydrogens is 390 g/mol. The third-order valence-electron chi connectivity index (χ3n) is 6.42. The monoisotopic (exact) mass is 423 g/mol. The Kier molecular flexibility index (Phi) is 5.77. The molecule has 1 fully saturated rings. The van der Waals surface area contributed by atoms with Crippen molar-refractivity contribution in [1.82, 2.24) is 19.1 Å². The molecule has 2 aromatic heterocycles. The molecule has 0 amide bonds. The van der Waals surface area contributed by atoms with Crippen LogP contribution in [0.2, 0.25) is 0 Å². The van der Waals surface area contributed by atoms with Crippen molar-refractivity contribution in [3.8, 4) is 0 Å². The second-order valence-corrected chi connectivity index (χ2v) is 9.92. The number of H-pyrrole nitrogens is 1. The van der Waals surface area contributed by atoms with Crippen LogP contribution in [0.4, 0.5) is 5.95 Å². The Morgan fingerprint density at radius 2 is 1.94 bits per heavy atom. The van der Waals surface area contributed by atoms with Crippen molar-refractivity contribution >= 4 is 17.1 Å². The first-order valence-electron chi connectivity index (χ1n) is 11.2. The van der Waals surface area contributed by atoms with Gasteiger partial charge in [-0.1, -0.05) is 51.1 Å². The van der Waals surface area contributed by atoms with Gasteiger partial charge < -0.3 is 9.88 Å². The van der Waals surface area contributed by atoms with E-state index in [2.05, 4.69) is 43.2 Å². The number of rotatable bonds is 6. The molecule has 4 rings (SSSR count). The number of nitrogens with zero attached hydrogens (tertiary/aromatic N) is 3. The summed E-state index contributed by atoms with van der Waals surface area (Å²) in [5, 5.41) is 3.63. The lowest BCUT2D eigenvalue weighted by atomic mass is 9.71. The highest BCUT2D eigenvalue weighted by molar-refractivity contribution is 5.74. The third kappa shape index (κ3) is 4.60. The maximum Gasteiger partial charge on any atom is 0.329 e. The van der Waals surface area contributed by atoms with Crippen molar-refractivity contribution in [2.45, 2.75) is 65.5 Å². The van der Waals surface area contributed by atoms with Crippen LogP contribution in [0.1, 0.15) is 52.0 Å². The lowest BCUT2D eigenvalue weighted by Crippen LogP contribution is -2.36. The maximum atomic E-state index is 12.7. The lowest BCUT2D eigenvalue weighted by Gasteiger charge is -2.39. The van der Waals surface area contributed by atoms with Crippen molar-refractivity contribution in [1.29, 1.82) is 0 Å². The van der Waals surface area contributed by atoms with Gasteiger partial charge in [0.2, 0.25) is 5.95 Å². The largest absolute Gasteiger partial charge is 0.353 e.